The van der Waals surface area contributed by atoms with Crippen LogP contribution in [0.5, 0.6) is 5.75 Å². The van der Waals surface area contributed by atoms with E-state index >= 15 is 0 Å². The summed E-state index contributed by atoms with van der Waals surface area (Å²) >= 11 is 0. The van der Waals surface area contributed by atoms with Gasteiger partial charge in [0.2, 0.25) is 5.91 Å². The van der Waals surface area contributed by atoms with E-state index in [4.69, 9.17) is 10.00 Å². The second-order valence-corrected chi connectivity index (χ2v) is 5.23. The van der Waals surface area contributed by atoms with Crippen molar-refractivity contribution in [2.24, 2.45) is 0 Å². The van der Waals surface area contributed by atoms with Crippen molar-refractivity contribution in [3.63, 3.8) is 0 Å². The van der Waals surface area contributed by atoms with Gasteiger partial charge < -0.3 is 9.64 Å². The lowest BCUT2D eigenvalue weighted by atomic mass is 10.1. The van der Waals surface area contributed by atoms with E-state index in [0.717, 1.165) is 4.90 Å². The van der Waals surface area contributed by atoms with Gasteiger partial charge in [-0.15, -0.1) is 0 Å². The number of hydrogen-bond donors (Lipinski definition) is 0. The molecule has 1 aromatic heterocycles. The Bertz CT molecular complexity index is 658. The molecule has 1 aliphatic heterocycles. The minimum Gasteiger partial charge on any atom is -0.494 e. The van der Waals surface area contributed by atoms with Gasteiger partial charge in [0, 0.05) is 25.5 Å². The van der Waals surface area contributed by atoms with Crippen molar-refractivity contribution in [3.05, 3.63) is 24.0 Å². The van der Waals surface area contributed by atoms with Crippen LogP contribution in [0.2, 0.25) is 0 Å². The Kier molecular flexibility index (Phi) is 4.89. The van der Waals surface area contributed by atoms with Gasteiger partial charge in [-0.1, -0.05) is 0 Å². The van der Waals surface area contributed by atoms with E-state index in [1.807, 2.05) is 0 Å². The maximum atomic E-state index is 13.3. The number of nitrogens with zero attached hydrogens (tertiary/aromatic N) is 3. The lowest BCUT2D eigenvalue weighted by Gasteiger charge is -2.18. The highest BCUT2D eigenvalue weighted by Crippen LogP contribution is 2.32. The molecular weight excluding hydrogens is 308 g/mol. The topological polar surface area (TPSA) is 83.3 Å². The fraction of sp³-hybridized carbons (Fsp3) is 0.467. The molecule has 0 saturated carbocycles. The summed E-state index contributed by atoms with van der Waals surface area (Å²) in [6.45, 7) is -0.781. The van der Waals surface area contributed by atoms with Crippen molar-refractivity contribution in [3.8, 4) is 11.8 Å². The lowest BCUT2D eigenvalue weighted by Crippen LogP contribution is -2.36. The summed E-state index contributed by atoms with van der Waals surface area (Å²) in [7, 11) is 1.39. The Balaban J connectivity index is 1.99. The van der Waals surface area contributed by atoms with Crippen molar-refractivity contribution < 1.29 is 23.1 Å². The van der Waals surface area contributed by atoms with E-state index in [0.29, 0.717) is 0 Å². The zero-order chi connectivity index (χ0) is 17.0. The number of Topliss-reactive ketones (excluding diaryl/α,β-unsaturated/α-hetero) is 1. The number of halogens is 2. The maximum absolute atomic E-state index is 13.3. The Hall–Kier alpha value is -2.56. The number of methoxy groups -OCH3 is 1. The molecule has 6 nitrogen and oxygen atoms in total. The zero-order valence-corrected chi connectivity index (χ0v) is 12.5. The molecule has 0 unspecified atom stereocenters. The third-order valence-electron chi connectivity index (χ3n) is 3.61. The molecular formula is C15H15F2N3O3. The highest BCUT2D eigenvalue weighted by molar-refractivity contribution is 6.00. The van der Waals surface area contributed by atoms with Crippen LogP contribution in [-0.2, 0) is 4.79 Å². The third kappa shape index (κ3) is 3.80. The first-order valence-corrected chi connectivity index (χ1v) is 6.96. The molecule has 0 bridgehead atoms. The third-order valence-corrected chi connectivity index (χ3v) is 3.61. The van der Waals surface area contributed by atoms with Crippen LogP contribution in [0, 0.1) is 11.3 Å². The number of alkyl halides is 2. The number of carbonyl (C=O) groups excluding carboxylic acids is 2. The van der Waals surface area contributed by atoms with Gasteiger partial charge in [0.1, 0.15) is 11.8 Å². The minimum absolute atomic E-state index is 0.153. The summed E-state index contributed by atoms with van der Waals surface area (Å²) in [4.78, 5) is 28.8. The molecule has 2 rings (SSSR count). The van der Waals surface area contributed by atoms with Crippen LogP contribution in [0.3, 0.4) is 0 Å². The quantitative estimate of drug-likeness (QED) is 0.772. The highest BCUT2D eigenvalue weighted by Gasteiger charge is 2.47. The molecule has 0 radical (unpaired) electrons. The van der Waals surface area contributed by atoms with Crippen LogP contribution in [-0.4, -0.2) is 47.2 Å². The standard InChI is InChI=1S/C15H15F2N3O3/c1-23-13-8-19-5-4-11(13)12(21)2-3-14(22)20-9-15(16,17)6-10(20)7-18/h4-5,8,10H,2-3,6,9H2,1H3/t10-/m0/s1. The van der Waals surface area contributed by atoms with Crippen LogP contribution in [0.15, 0.2) is 18.5 Å². The normalized spacial score (nSPS) is 19.2. The smallest absolute Gasteiger partial charge is 0.268 e. The maximum Gasteiger partial charge on any atom is 0.268 e. The summed E-state index contributed by atoms with van der Waals surface area (Å²) in [6.07, 6.45) is 1.74. The molecule has 1 amide bonds. The van der Waals surface area contributed by atoms with Crippen LogP contribution in [0.1, 0.15) is 29.6 Å². The van der Waals surface area contributed by atoms with E-state index in [1.165, 1.54) is 25.6 Å². The van der Waals surface area contributed by atoms with E-state index in [1.54, 1.807) is 6.07 Å². The van der Waals surface area contributed by atoms with E-state index in [-0.39, 0.29) is 29.9 Å². The second-order valence-electron chi connectivity index (χ2n) is 5.23. The van der Waals surface area contributed by atoms with Crippen molar-refractivity contribution in [2.75, 3.05) is 13.7 Å². The van der Waals surface area contributed by atoms with Crippen molar-refractivity contribution in [2.45, 2.75) is 31.2 Å². The van der Waals surface area contributed by atoms with E-state index < -0.39 is 30.8 Å². The monoisotopic (exact) mass is 323 g/mol. The number of nitriles is 1. The minimum atomic E-state index is -3.06. The molecule has 1 atom stereocenters. The second kappa shape index (κ2) is 6.69. The largest absolute Gasteiger partial charge is 0.494 e. The summed E-state index contributed by atoms with van der Waals surface area (Å²) in [6, 6.07) is 2.02. The fourth-order valence-electron chi connectivity index (χ4n) is 2.47. The molecule has 8 heteroatoms. The van der Waals surface area contributed by atoms with Gasteiger partial charge in [0.05, 0.1) is 31.5 Å². The molecule has 23 heavy (non-hydrogen) atoms. The number of aromatic nitrogens is 1. The number of pyridine rings is 1. The molecule has 1 fully saturated rings. The van der Waals surface area contributed by atoms with Crippen LogP contribution in [0.25, 0.3) is 0 Å². The molecule has 0 aromatic carbocycles. The van der Waals surface area contributed by atoms with Gasteiger partial charge in [-0.05, 0) is 6.07 Å². The number of hydrogen-bond acceptors (Lipinski definition) is 5. The number of likely N-dealkylation sites (tertiary alicyclic amines) is 1. The van der Waals surface area contributed by atoms with E-state index in [2.05, 4.69) is 4.98 Å². The lowest BCUT2D eigenvalue weighted by molar-refractivity contribution is -0.132. The van der Waals surface area contributed by atoms with Gasteiger partial charge in [-0.2, -0.15) is 5.26 Å². The first-order chi connectivity index (χ1) is 10.9. The van der Waals surface area contributed by atoms with Crippen LogP contribution >= 0.6 is 0 Å². The first-order valence-electron chi connectivity index (χ1n) is 6.96. The SMILES string of the molecule is COc1cnccc1C(=O)CCC(=O)N1CC(F)(F)C[C@H]1C#N. The Labute approximate surface area is 131 Å². The molecule has 0 aliphatic carbocycles. The molecule has 0 N–H and O–H groups in total. The van der Waals surface area contributed by atoms with Gasteiger partial charge in [0.25, 0.3) is 5.92 Å². The molecule has 1 aromatic rings. The summed E-state index contributed by atoms with van der Waals surface area (Å²) in [5.41, 5.74) is 0.277. The van der Waals surface area contributed by atoms with Crippen molar-refractivity contribution >= 4 is 11.7 Å². The van der Waals surface area contributed by atoms with Crippen LogP contribution < -0.4 is 4.74 Å². The van der Waals surface area contributed by atoms with Crippen molar-refractivity contribution in [1.82, 2.24) is 9.88 Å². The number of ether oxygens (including phenoxy) is 1. The fourth-order valence-corrected chi connectivity index (χ4v) is 2.47. The Morgan fingerprint density at radius 1 is 1.52 bits per heavy atom. The number of amides is 1. The van der Waals surface area contributed by atoms with E-state index in [9.17, 15) is 18.4 Å². The molecule has 0 spiro atoms. The van der Waals surface area contributed by atoms with Gasteiger partial charge >= 0.3 is 0 Å². The predicted molar refractivity (Wildman–Crippen MR) is 75.0 cm³/mol. The number of ketones is 1. The summed E-state index contributed by atoms with van der Waals surface area (Å²) < 4.78 is 31.7. The average molecular weight is 323 g/mol. The van der Waals surface area contributed by atoms with Gasteiger partial charge in [-0.25, -0.2) is 8.78 Å². The summed E-state index contributed by atoms with van der Waals surface area (Å²) in [5.74, 6) is -3.76. The van der Waals surface area contributed by atoms with Crippen molar-refractivity contribution in [1.29, 1.82) is 5.26 Å². The average Bonchev–Trinajstić information content (AvgIpc) is 2.87. The van der Waals surface area contributed by atoms with Gasteiger partial charge in [-0.3, -0.25) is 14.6 Å². The highest BCUT2D eigenvalue weighted by atomic mass is 19.3. The number of carbonyl (C=O) groups is 2. The Morgan fingerprint density at radius 3 is 2.91 bits per heavy atom. The molecule has 1 aliphatic rings. The molecule has 2 heterocycles. The molecule has 122 valence electrons. The summed E-state index contributed by atoms with van der Waals surface area (Å²) in [5, 5.41) is 8.87. The predicted octanol–water partition coefficient (Wildman–Crippen LogP) is 1.81. The Morgan fingerprint density at radius 2 is 2.26 bits per heavy atom. The number of rotatable bonds is 5. The van der Waals surface area contributed by atoms with Gasteiger partial charge in [0.15, 0.2) is 5.78 Å². The van der Waals surface area contributed by atoms with Crippen LogP contribution in [0.4, 0.5) is 8.78 Å². The molecule has 1 saturated heterocycles. The first kappa shape index (κ1) is 16.8. The zero-order valence-electron chi connectivity index (χ0n) is 12.5.